The Kier molecular flexibility index (Phi) is 3.99. The molecule has 4 nitrogen and oxygen atoms in total. The van der Waals surface area contributed by atoms with E-state index in [0.29, 0.717) is 16.7 Å². The Morgan fingerprint density at radius 1 is 1.44 bits per heavy atom. The predicted octanol–water partition coefficient (Wildman–Crippen LogP) is 3.13. The first-order valence-corrected chi connectivity index (χ1v) is 5.49. The van der Waals surface area contributed by atoms with Gasteiger partial charge in [0.15, 0.2) is 5.82 Å². The Morgan fingerprint density at radius 3 is 2.56 bits per heavy atom. The number of aromatic nitrogens is 1. The van der Waals surface area contributed by atoms with Crippen molar-refractivity contribution in [2.75, 3.05) is 24.0 Å². The van der Waals surface area contributed by atoms with Gasteiger partial charge in [-0.05, 0) is 24.6 Å². The molecule has 0 amide bonds. The maximum atomic E-state index is 11.3. The van der Waals surface area contributed by atoms with Gasteiger partial charge >= 0.3 is 0 Å². The molecule has 0 bridgehead atoms. The zero-order valence-electron chi connectivity index (χ0n) is 10.0. The summed E-state index contributed by atoms with van der Waals surface area (Å²) >= 11 is 5.80. The van der Waals surface area contributed by atoms with Crippen LogP contribution in [0.2, 0.25) is 5.15 Å². The number of anilines is 2. The molecule has 1 aromatic heterocycles. The zero-order chi connectivity index (χ0) is 12.3. The largest absolute Gasteiger partial charge is 0.758 e. The second kappa shape index (κ2) is 4.89. The third-order valence-electron chi connectivity index (χ3n) is 1.97. The van der Waals surface area contributed by atoms with Crippen molar-refractivity contribution >= 4 is 23.1 Å². The van der Waals surface area contributed by atoms with E-state index in [1.165, 1.54) is 7.05 Å². The van der Waals surface area contributed by atoms with Crippen molar-refractivity contribution in [1.29, 1.82) is 0 Å². The lowest BCUT2D eigenvalue weighted by Crippen LogP contribution is -2.21. The number of rotatable bonds is 3. The summed E-state index contributed by atoms with van der Waals surface area (Å²) in [5.41, 5.74) is 0.608. The smallest absolute Gasteiger partial charge is 0.150 e. The van der Waals surface area contributed by atoms with Crippen molar-refractivity contribution < 1.29 is 0 Å². The third kappa shape index (κ3) is 3.87. The molecule has 16 heavy (non-hydrogen) atoms. The van der Waals surface area contributed by atoms with Crippen LogP contribution in [0.25, 0.3) is 0 Å². The average Bonchev–Trinajstić information content (AvgIpc) is 2.13. The molecule has 0 aliphatic carbocycles. The Bertz CT molecular complexity index is 361. The highest BCUT2D eigenvalue weighted by Crippen LogP contribution is 2.25. The lowest BCUT2D eigenvalue weighted by molar-refractivity contribution is 0.442. The summed E-state index contributed by atoms with van der Waals surface area (Å²) in [6.07, 6.45) is 0. The first-order valence-electron chi connectivity index (χ1n) is 5.11. The van der Waals surface area contributed by atoms with Crippen molar-refractivity contribution in [2.45, 2.75) is 20.8 Å². The molecule has 0 aliphatic rings. The van der Waals surface area contributed by atoms with E-state index in [4.69, 9.17) is 11.6 Å². The first kappa shape index (κ1) is 13.1. The number of halogens is 1. The van der Waals surface area contributed by atoms with E-state index in [-0.39, 0.29) is 5.41 Å². The number of nitrogens with one attached hydrogen (secondary N) is 1. The highest BCUT2D eigenvalue weighted by atomic mass is 35.5. The monoisotopic (exact) mass is 242 g/mol. The number of nitrogens with zero attached hydrogens (tertiary/aromatic N) is 2. The summed E-state index contributed by atoms with van der Waals surface area (Å²) in [7, 11) is 1.44. The summed E-state index contributed by atoms with van der Waals surface area (Å²) in [5, 5.41) is 15.6. The molecule has 0 saturated heterocycles. The number of hydroxylamine groups is 1. The minimum Gasteiger partial charge on any atom is -0.758 e. The van der Waals surface area contributed by atoms with Crippen LogP contribution in [-0.2, 0) is 0 Å². The normalized spacial score (nSPS) is 11.4. The van der Waals surface area contributed by atoms with E-state index in [9.17, 15) is 5.21 Å². The van der Waals surface area contributed by atoms with Gasteiger partial charge in [-0.2, -0.15) is 0 Å². The maximum Gasteiger partial charge on any atom is 0.150 e. The molecule has 1 aromatic rings. The standard InChI is InChI=1S/C11H17ClN3O/c1-11(2,3)7-13-10-8(15(4)16)5-6-9(12)14-10/h5-6H,7H2,1-4H3,(H,13,14)/q-1. The molecule has 1 rings (SSSR count). The van der Waals surface area contributed by atoms with Gasteiger partial charge in [-0.1, -0.05) is 32.4 Å². The molecule has 5 heteroatoms. The summed E-state index contributed by atoms with van der Waals surface area (Å²) in [6, 6.07) is 3.26. The highest BCUT2D eigenvalue weighted by molar-refractivity contribution is 6.29. The number of hydrogen-bond donors (Lipinski definition) is 1. The van der Waals surface area contributed by atoms with Gasteiger partial charge in [-0.3, -0.25) is 0 Å². The van der Waals surface area contributed by atoms with Gasteiger partial charge in [-0.15, -0.1) is 0 Å². The van der Waals surface area contributed by atoms with Crippen LogP contribution < -0.4 is 10.4 Å². The van der Waals surface area contributed by atoms with Crippen LogP contribution in [-0.4, -0.2) is 18.6 Å². The Labute approximate surface area is 101 Å². The fourth-order valence-corrected chi connectivity index (χ4v) is 1.31. The number of hydrogen-bond acceptors (Lipinski definition) is 4. The van der Waals surface area contributed by atoms with E-state index in [0.717, 1.165) is 11.6 Å². The molecule has 0 aromatic carbocycles. The van der Waals surface area contributed by atoms with E-state index < -0.39 is 0 Å². The molecule has 0 aliphatic heterocycles. The third-order valence-corrected chi connectivity index (χ3v) is 2.18. The summed E-state index contributed by atoms with van der Waals surface area (Å²) in [5.74, 6) is 0.528. The van der Waals surface area contributed by atoms with Gasteiger partial charge in [0, 0.05) is 6.54 Å². The molecular weight excluding hydrogens is 226 g/mol. The first-order chi connectivity index (χ1) is 7.29. The van der Waals surface area contributed by atoms with Gasteiger partial charge in [0.25, 0.3) is 0 Å². The molecule has 90 valence electrons. The Morgan fingerprint density at radius 2 is 2.06 bits per heavy atom. The fourth-order valence-electron chi connectivity index (χ4n) is 1.16. The number of pyridine rings is 1. The highest BCUT2D eigenvalue weighted by Gasteiger charge is 2.12. The van der Waals surface area contributed by atoms with Gasteiger partial charge in [0.2, 0.25) is 0 Å². The average molecular weight is 243 g/mol. The van der Waals surface area contributed by atoms with Gasteiger partial charge in [-0.25, -0.2) is 4.98 Å². The van der Waals surface area contributed by atoms with Crippen molar-refractivity contribution in [2.24, 2.45) is 5.41 Å². The van der Waals surface area contributed by atoms with E-state index in [1.54, 1.807) is 12.1 Å². The van der Waals surface area contributed by atoms with E-state index in [2.05, 4.69) is 31.1 Å². The zero-order valence-corrected chi connectivity index (χ0v) is 10.8. The lowest BCUT2D eigenvalue weighted by atomic mass is 9.97. The Hall–Kier alpha value is -1.00. The molecular formula is C11H17ClN3O-. The molecule has 0 spiro atoms. The van der Waals surface area contributed by atoms with Crippen LogP contribution in [0.15, 0.2) is 12.1 Å². The van der Waals surface area contributed by atoms with Gasteiger partial charge < -0.3 is 15.6 Å². The SMILES string of the molecule is CN([O-])c1ccc(Cl)nc1NCC(C)(C)C. The van der Waals surface area contributed by atoms with Crippen molar-refractivity contribution in [3.63, 3.8) is 0 Å². The molecule has 1 heterocycles. The van der Waals surface area contributed by atoms with Crippen LogP contribution >= 0.6 is 11.6 Å². The summed E-state index contributed by atoms with van der Waals surface area (Å²) in [4.78, 5) is 4.11. The topological polar surface area (TPSA) is 51.2 Å². The second-order valence-electron chi connectivity index (χ2n) is 4.91. The molecule has 0 atom stereocenters. The van der Waals surface area contributed by atoms with Crippen LogP contribution in [0.1, 0.15) is 20.8 Å². The minimum absolute atomic E-state index is 0.114. The second-order valence-corrected chi connectivity index (χ2v) is 5.30. The minimum atomic E-state index is 0.114. The van der Waals surface area contributed by atoms with Crippen molar-refractivity contribution in [1.82, 2.24) is 4.98 Å². The molecule has 1 N–H and O–H groups in total. The predicted molar refractivity (Wildman–Crippen MR) is 69.0 cm³/mol. The van der Waals surface area contributed by atoms with E-state index >= 15 is 0 Å². The van der Waals surface area contributed by atoms with E-state index in [1.807, 2.05) is 0 Å². The summed E-state index contributed by atoms with van der Waals surface area (Å²) < 4.78 is 0. The lowest BCUT2D eigenvalue weighted by Gasteiger charge is -2.28. The molecule has 0 saturated carbocycles. The van der Waals surface area contributed by atoms with Crippen LogP contribution in [0.3, 0.4) is 0 Å². The fraction of sp³-hybridized carbons (Fsp3) is 0.545. The van der Waals surface area contributed by atoms with Gasteiger partial charge in [0.1, 0.15) is 5.15 Å². The molecule has 0 radical (unpaired) electrons. The summed E-state index contributed by atoms with van der Waals surface area (Å²) in [6.45, 7) is 7.03. The molecule has 0 unspecified atom stereocenters. The quantitative estimate of drug-likeness (QED) is 0.654. The molecule has 0 fully saturated rings. The van der Waals surface area contributed by atoms with Gasteiger partial charge in [0.05, 0.1) is 5.69 Å². The van der Waals surface area contributed by atoms with Crippen molar-refractivity contribution in [3.05, 3.63) is 22.5 Å². The van der Waals surface area contributed by atoms with Crippen molar-refractivity contribution in [3.8, 4) is 0 Å². The Balaban J connectivity index is 2.88. The van der Waals surface area contributed by atoms with Crippen LogP contribution in [0.5, 0.6) is 0 Å². The van der Waals surface area contributed by atoms with Crippen LogP contribution in [0, 0.1) is 10.6 Å². The maximum absolute atomic E-state index is 11.3. The van der Waals surface area contributed by atoms with Crippen LogP contribution in [0.4, 0.5) is 11.5 Å².